The summed E-state index contributed by atoms with van der Waals surface area (Å²) in [6.45, 7) is 0. The molecule has 1 heterocycles. The molecule has 166 valence electrons. The van der Waals surface area contributed by atoms with Crippen molar-refractivity contribution in [2.75, 3.05) is 0 Å². The first-order valence-corrected chi connectivity index (χ1v) is 11.1. The van der Waals surface area contributed by atoms with Crippen LogP contribution in [0.4, 0.5) is 0 Å². The summed E-state index contributed by atoms with van der Waals surface area (Å²) in [5.74, 6) is -0.404. The lowest BCUT2D eigenvalue weighted by molar-refractivity contribution is 0.0734. The second-order valence-corrected chi connectivity index (χ2v) is 8.55. The lowest BCUT2D eigenvalue weighted by atomic mass is 9.81. The van der Waals surface area contributed by atoms with Crippen LogP contribution in [0.5, 0.6) is 11.5 Å². The highest BCUT2D eigenvalue weighted by molar-refractivity contribution is 6.36. The minimum absolute atomic E-state index is 0.0113. The van der Waals surface area contributed by atoms with Gasteiger partial charge in [-0.3, -0.25) is 0 Å². The number of allylic oxidation sites excluding steroid dienone is 1. The lowest BCUT2D eigenvalue weighted by Gasteiger charge is -2.27. The SMILES string of the molecule is N#CC1=C(N)Oc2cc(OC(=O)c3ccc(Cl)cc3Cl)ccc2C1c1cccc2ccccc12. The highest BCUT2D eigenvalue weighted by atomic mass is 35.5. The van der Waals surface area contributed by atoms with E-state index in [4.69, 9.17) is 38.4 Å². The molecule has 0 saturated carbocycles. The normalized spacial score (nSPS) is 14.8. The molecule has 1 unspecified atom stereocenters. The van der Waals surface area contributed by atoms with Crippen molar-refractivity contribution in [3.05, 3.63) is 117 Å². The summed E-state index contributed by atoms with van der Waals surface area (Å²) in [6.07, 6.45) is 0. The smallest absolute Gasteiger partial charge is 0.345 e. The molecular weight excluding hydrogens is 471 g/mol. The first-order chi connectivity index (χ1) is 16.5. The Bertz CT molecular complexity index is 1530. The zero-order chi connectivity index (χ0) is 23.8. The van der Waals surface area contributed by atoms with Crippen molar-refractivity contribution in [1.82, 2.24) is 0 Å². The molecule has 34 heavy (non-hydrogen) atoms. The van der Waals surface area contributed by atoms with E-state index in [9.17, 15) is 10.1 Å². The number of rotatable bonds is 3. The third-order valence-corrected chi connectivity index (χ3v) is 6.23. The Morgan fingerprint density at radius 3 is 2.56 bits per heavy atom. The third-order valence-electron chi connectivity index (χ3n) is 5.69. The largest absolute Gasteiger partial charge is 0.440 e. The van der Waals surface area contributed by atoms with E-state index in [1.165, 1.54) is 12.1 Å². The molecule has 0 aromatic heterocycles. The Kier molecular flexibility index (Phi) is 5.62. The number of nitrogens with two attached hydrogens (primary N) is 1. The van der Waals surface area contributed by atoms with Crippen LogP contribution in [0.2, 0.25) is 10.0 Å². The fourth-order valence-electron chi connectivity index (χ4n) is 4.14. The maximum Gasteiger partial charge on any atom is 0.345 e. The van der Waals surface area contributed by atoms with E-state index in [2.05, 4.69) is 6.07 Å². The van der Waals surface area contributed by atoms with E-state index >= 15 is 0 Å². The molecule has 0 fully saturated rings. The van der Waals surface area contributed by atoms with Gasteiger partial charge in [-0.15, -0.1) is 0 Å². The van der Waals surface area contributed by atoms with Gasteiger partial charge >= 0.3 is 5.97 Å². The average Bonchev–Trinajstić information content (AvgIpc) is 2.82. The zero-order valence-electron chi connectivity index (χ0n) is 17.6. The highest BCUT2D eigenvalue weighted by Gasteiger charge is 2.32. The molecule has 5 rings (SSSR count). The van der Waals surface area contributed by atoms with Crippen LogP contribution in [-0.4, -0.2) is 5.97 Å². The number of esters is 1. The number of hydrogen-bond donors (Lipinski definition) is 1. The summed E-state index contributed by atoms with van der Waals surface area (Å²) in [7, 11) is 0. The van der Waals surface area contributed by atoms with Crippen molar-refractivity contribution in [2.45, 2.75) is 5.92 Å². The summed E-state index contributed by atoms with van der Waals surface area (Å²) in [4.78, 5) is 12.6. The number of carbonyl (C=O) groups is 1. The second kappa shape index (κ2) is 8.75. The number of nitriles is 1. The standard InChI is InChI=1S/C27H16Cl2N2O3/c28-16-8-10-20(23(29)12-16)27(32)33-17-9-11-21-24(13-17)34-26(31)22(14-30)25(21)19-7-3-5-15-4-1-2-6-18(15)19/h1-13,25H,31H2. The van der Waals surface area contributed by atoms with Gasteiger partial charge in [0, 0.05) is 16.7 Å². The summed E-state index contributed by atoms with van der Waals surface area (Å²) < 4.78 is 11.3. The maximum atomic E-state index is 12.6. The fraction of sp³-hybridized carbons (Fsp3) is 0.0370. The number of hydrogen-bond acceptors (Lipinski definition) is 5. The highest BCUT2D eigenvalue weighted by Crippen LogP contribution is 2.45. The zero-order valence-corrected chi connectivity index (χ0v) is 19.1. The number of fused-ring (bicyclic) bond motifs is 2. The van der Waals surface area contributed by atoms with Crippen LogP contribution in [-0.2, 0) is 0 Å². The minimum atomic E-state index is -0.635. The van der Waals surface area contributed by atoms with Crippen LogP contribution < -0.4 is 15.2 Å². The first-order valence-electron chi connectivity index (χ1n) is 10.3. The lowest BCUT2D eigenvalue weighted by Crippen LogP contribution is -2.21. The predicted molar refractivity (Wildman–Crippen MR) is 131 cm³/mol. The van der Waals surface area contributed by atoms with Crippen molar-refractivity contribution in [1.29, 1.82) is 5.26 Å². The van der Waals surface area contributed by atoms with E-state index in [1.54, 1.807) is 24.3 Å². The Labute approximate surface area is 205 Å². The molecule has 5 nitrogen and oxygen atoms in total. The Morgan fingerprint density at radius 2 is 1.76 bits per heavy atom. The Hall–Kier alpha value is -3.98. The van der Waals surface area contributed by atoms with Gasteiger partial charge in [-0.05, 0) is 40.6 Å². The van der Waals surface area contributed by atoms with Gasteiger partial charge in [0.05, 0.1) is 16.5 Å². The molecule has 1 aliphatic heterocycles. The van der Waals surface area contributed by atoms with Gasteiger partial charge in [-0.25, -0.2) is 4.79 Å². The number of benzene rings is 4. The van der Waals surface area contributed by atoms with Gasteiger partial charge in [0.15, 0.2) is 0 Å². The molecule has 0 aliphatic carbocycles. The maximum absolute atomic E-state index is 12.6. The molecule has 4 aromatic carbocycles. The van der Waals surface area contributed by atoms with Crippen molar-refractivity contribution in [3.63, 3.8) is 0 Å². The summed E-state index contributed by atoms with van der Waals surface area (Å²) >= 11 is 12.0. The van der Waals surface area contributed by atoms with Crippen molar-refractivity contribution >= 4 is 39.9 Å². The van der Waals surface area contributed by atoms with E-state index in [0.717, 1.165) is 21.9 Å². The molecule has 0 spiro atoms. The van der Waals surface area contributed by atoms with Crippen LogP contribution in [0.15, 0.2) is 90.3 Å². The molecule has 0 radical (unpaired) electrons. The number of nitrogens with zero attached hydrogens (tertiary/aromatic N) is 1. The quantitative estimate of drug-likeness (QED) is 0.261. The summed E-state index contributed by atoms with van der Waals surface area (Å²) in [5.41, 5.74) is 8.33. The topological polar surface area (TPSA) is 85.3 Å². The number of halogens is 2. The van der Waals surface area contributed by atoms with E-state index in [0.29, 0.717) is 16.3 Å². The molecule has 1 atom stereocenters. The van der Waals surface area contributed by atoms with Crippen molar-refractivity contribution in [2.24, 2.45) is 5.73 Å². The van der Waals surface area contributed by atoms with Gasteiger partial charge in [0.2, 0.25) is 5.88 Å². The molecule has 0 amide bonds. The monoisotopic (exact) mass is 486 g/mol. The molecular formula is C27H16Cl2N2O3. The van der Waals surface area contributed by atoms with Crippen LogP contribution in [0.1, 0.15) is 27.4 Å². The summed E-state index contributed by atoms with van der Waals surface area (Å²) in [5, 5.41) is 12.5. The fourth-order valence-corrected chi connectivity index (χ4v) is 4.62. The molecule has 0 bridgehead atoms. The molecule has 1 aliphatic rings. The Balaban J connectivity index is 1.56. The van der Waals surface area contributed by atoms with E-state index in [-0.39, 0.29) is 22.2 Å². The van der Waals surface area contributed by atoms with Crippen LogP contribution >= 0.6 is 23.2 Å². The van der Waals surface area contributed by atoms with Crippen LogP contribution in [0.3, 0.4) is 0 Å². The first kappa shape index (κ1) is 21.8. The average molecular weight is 487 g/mol. The van der Waals surface area contributed by atoms with Crippen LogP contribution in [0.25, 0.3) is 10.8 Å². The molecule has 2 N–H and O–H groups in total. The van der Waals surface area contributed by atoms with E-state index < -0.39 is 11.9 Å². The molecule has 4 aromatic rings. The second-order valence-electron chi connectivity index (χ2n) is 7.71. The van der Waals surface area contributed by atoms with Gasteiger partial charge < -0.3 is 15.2 Å². The van der Waals surface area contributed by atoms with Gasteiger partial charge in [0.25, 0.3) is 0 Å². The van der Waals surface area contributed by atoms with Crippen molar-refractivity contribution < 1.29 is 14.3 Å². The Morgan fingerprint density at radius 1 is 0.971 bits per heavy atom. The molecule has 7 heteroatoms. The van der Waals surface area contributed by atoms with Gasteiger partial charge in [-0.2, -0.15) is 5.26 Å². The number of carbonyl (C=O) groups excluding carboxylic acids is 1. The minimum Gasteiger partial charge on any atom is -0.440 e. The van der Waals surface area contributed by atoms with Gasteiger partial charge in [-0.1, -0.05) is 71.7 Å². The van der Waals surface area contributed by atoms with Gasteiger partial charge in [0.1, 0.15) is 23.1 Å². The van der Waals surface area contributed by atoms with Crippen LogP contribution in [0, 0.1) is 11.3 Å². The summed E-state index contributed by atoms with van der Waals surface area (Å²) in [6, 6.07) is 25.6. The van der Waals surface area contributed by atoms with Crippen molar-refractivity contribution in [3.8, 4) is 17.6 Å². The van der Waals surface area contributed by atoms with E-state index in [1.807, 2.05) is 42.5 Å². The number of ether oxygens (including phenoxy) is 2. The molecule has 0 saturated heterocycles. The predicted octanol–water partition coefficient (Wildman–Crippen LogP) is 6.58. The third kappa shape index (κ3) is 3.84.